The molecule has 3 aromatic carbocycles. The average molecular weight is 472 g/mol. The van der Waals surface area contributed by atoms with Crippen molar-refractivity contribution in [2.75, 3.05) is 25.1 Å². The molecule has 178 valence electrons. The van der Waals surface area contributed by atoms with Crippen LogP contribution in [0.3, 0.4) is 0 Å². The summed E-state index contributed by atoms with van der Waals surface area (Å²) in [5, 5.41) is 5.61. The van der Waals surface area contributed by atoms with E-state index in [1.165, 1.54) is 0 Å². The van der Waals surface area contributed by atoms with Crippen LogP contribution < -0.4 is 20.1 Å². The first-order chi connectivity index (χ1) is 16.9. The lowest BCUT2D eigenvalue weighted by atomic mass is 9.81. The van der Waals surface area contributed by atoms with Crippen LogP contribution in [0.1, 0.15) is 22.3 Å². The number of amides is 4. The summed E-state index contributed by atoms with van der Waals surface area (Å²) in [7, 11) is 0. The molecule has 8 heteroatoms. The van der Waals surface area contributed by atoms with E-state index in [0.717, 1.165) is 16.0 Å². The summed E-state index contributed by atoms with van der Waals surface area (Å²) in [5.41, 5.74) is 2.39. The van der Waals surface area contributed by atoms with E-state index in [0.29, 0.717) is 41.5 Å². The third-order valence-electron chi connectivity index (χ3n) is 6.38. The molecule has 4 amide bonds. The first-order valence-electron chi connectivity index (χ1n) is 11.4. The minimum absolute atomic E-state index is 0.424. The van der Waals surface area contributed by atoms with Gasteiger partial charge in [0.25, 0.3) is 5.91 Å². The second-order valence-electron chi connectivity index (χ2n) is 8.64. The van der Waals surface area contributed by atoms with Gasteiger partial charge < -0.3 is 20.1 Å². The number of benzene rings is 3. The number of aryl methyl sites for hydroxylation is 2. The Kier molecular flexibility index (Phi) is 5.64. The lowest BCUT2D eigenvalue weighted by molar-refractivity contribution is -0.133. The summed E-state index contributed by atoms with van der Waals surface area (Å²) in [6, 6.07) is 19.1. The van der Waals surface area contributed by atoms with Crippen molar-refractivity contribution in [2.24, 2.45) is 0 Å². The second kappa shape index (κ2) is 8.79. The summed E-state index contributed by atoms with van der Waals surface area (Å²) >= 11 is 0. The molecule has 0 radical (unpaired) electrons. The van der Waals surface area contributed by atoms with Crippen molar-refractivity contribution < 1.29 is 23.9 Å². The molecule has 0 aromatic heterocycles. The maximum absolute atomic E-state index is 13.8. The highest BCUT2D eigenvalue weighted by Crippen LogP contribution is 2.37. The molecule has 5 rings (SSSR count). The number of anilines is 1. The van der Waals surface area contributed by atoms with Crippen LogP contribution in [0.2, 0.25) is 0 Å². The zero-order valence-corrected chi connectivity index (χ0v) is 19.5. The normalized spacial score (nSPS) is 18.9. The van der Waals surface area contributed by atoms with Crippen molar-refractivity contribution in [3.05, 3.63) is 89.0 Å². The molecule has 0 unspecified atom stereocenters. The van der Waals surface area contributed by atoms with Gasteiger partial charge in [-0.1, -0.05) is 48.5 Å². The van der Waals surface area contributed by atoms with Gasteiger partial charge in [-0.25, -0.2) is 4.79 Å². The van der Waals surface area contributed by atoms with Gasteiger partial charge in [0.1, 0.15) is 19.8 Å². The Bertz CT molecular complexity index is 1320. The molecule has 3 aromatic rings. The Morgan fingerprint density at radius 3 is 2.40 bits per heavy atom. The van der Waals surface area contributed by atoms with Gasteiger partial charge in [-0.3, -0.25) is 14.5 Å². The molecular weight excluding hydrogens is 446 g/mol. The number of carbonyl (C=O) groups is 3. The van der Waals surface area contributed by atoms with E-state index in [9.17, 15) is 14.4 Å². The summed E-state index contributed by atoms with van der Waals surface area (Å²) in [6.07, 6.45) is 0. The summed E-state index contributed by atoms with van der Waals surface area (Å²) in [4.78, 5) is 40.7. The number of hydrogen-bond donors (Lipinski definition) is 2. The molecule has 0 saturated carbocycles. The fraction of sp³-hybridized carbons (Fsp3) is 0.222. The molecule has 0 spiro atoms. The van der Waals surface area contributed by atoms with Crippen molar-refractivity contribution in [2.45, 2.75) is 19.4 Å². The molecule has 1 fully saturated rings. The molecule has 2 heterocycles. The summed E-state index contributed by atoms with van der Waals surface area (Å²) in [6.45, 7) is 4.40. The van der Waals surface area contributed by atoms with E-state index in [-0.39, 0.29) is 0 Å². The number of fused-ring (bicyclic) bond motifs is 1. The fourth-order valence-corrected chi connectivity index (χ4v) is 4.41. The Labute approximate surface area is 202 Å². The van der Waals surface area contributed by atoms with Crippen LogP contribution in [0.5, 0.6) is 11.5 Å². The van der Waals surface area contributed by atoms with Gasteiger partial charge in [-0.05, 0) is 48.2 Å². The minimum Gasteiger partial charge on any atom is -0.486 e. The quantitative estimate of drug-likeness (QED) is 0.555. The van der Waals surface area contributed by atoms with Gasteiger partial charge in [0.05, 0.1) is 0 Å². The Balaban J connectivity index is 1.43. The number of ether oxygens (including phenoxy) is 2. The molecule has 1 saturated heterocycles. The van der Waals surface area contributed by atoms with Crippen molar-refractivity contribution in [1.82, 2.24) is 10.2 Å². The highest BCUT2D eigenvalue weighted by Gasteiger charge is 2.54. The molecule has 0 bridgehead atoms. The van der Waals surface area contributed by atoms with Crippen molar-refractivity contribution in [3.8, 4) is 11.5 Å². The topological polar surface area (TPSA) is 97.0 Å². The van der Waals surface area contributed by atoms with Gasteiger partial charge in [-0.15, -0.1) is 0 Å². The highest BCUT2D eigenvalue weighted by molar-refractivity contribution is 6.12. The molecule has 8 nitrogen and oxygen atoms in total. The van der Waals surface area contributed by atoms with Crippen LogP contribution in [0, 0.1) is 13.8 Å². The van der Waals surface area contributed by atoms with Gasteiger partial charge in [0.15, 0.2) is 17.0 Å². The van der Waals surface area contributed by atoms with E-state index in [2.05, 4.69) is 10.6 Å². The predicted molar refractivity (Wildman–Crippen MR) is 129 cm³/mol. The molecule has 2 aliphatic rings. The second-order valence-corrected chi connectivity index (χ2v) is 8.64. The average Bonchev–Trinajstić information content (AvgIpc) is 3.11. The molecule has 1 atom stereocenters. The summed E-state index contributed by atoms with van der Waals surface area (Å²) in [5.74, 6) is 0.120. The first kappa shape index (κ1) is 22.5. The fourth-order valence-electron chi connectivity index (χ4n) is 4.41. The van der Waals surface area contributed by atoms with Crippen molar-refractivity contribution in [1.29, 1.82) is 0 Å². The number of urea groups is 1. The molecule has 0 aliphatic carbocycles. The van der Waals surface area contributed by atoms with Crippen LogP contribution >= 0.6 is 0 Å². The van der Waals surface area contributed by atoms with Crippen LogP contribution in [0.25, 0.3) is 0 Å². The largest absolute Gasteiger partial charge is 0.486 e. The molecule has 35 heavy (non-hydrogen) atoms. The lowest BCUT2D eigenvalue weighted by Crippen LogP contribution is -2.45. The smallest absolute Gasteiger partial charge is 0.326 e. The Hall–Kier alpha value is -4.33. The zero-order valence-electron chi connectivity index (χ0n) is 19.5. The number of nitrogens with one attached hydrogen (secondary N) is 2. The van der Waals surface area contributed by atoms with E-state index in [1.807, 2.05) is 50.2 Å². The number of nitrogens with zero attached hydrogens (tertiary/aromatic N) is 1. The minimum atomic E-state index is -1.42. The Morgan fingerprint density at radius 2 is 1.66 bits per heavy atom. The highest BCUT2D eigenvalue weighted by atomic mass is 16.6. The third-order valence-corrected chi connectivity index (χ3v) is 6.38. The monoisotopic (exact) mass is 471 g/mol. The third kappa shape index (κ3) is 3.97. The van der Waals surface area contributed by atoms with Gasteiger partial charge in [0.2, 0.25) is 5.91 Å². The van der Waals surface area contributed by atoms with Gasteiger partial charge in [0, 0.05) is 11.8 Å². The van der Waals surface area contributed by atoms with Crippen molar-refractivity contribution >= 4 is 23.5 Å². The lowest BCUT2D eigenvalue weighted by Gasteiger charge is -2.28. The number of carbonyl (C=O) groups excluding carboxylic acids is 3. The standard InChI is InChI=1S/C27H25N3O5/c1-17-8-9-20(14-18(17)2)27(19-6-4-3-5-7-19)25(32)30(26(33)29-27)16-24(31)28-21-10-11-22-23(15-21)35-13-12-34-22/h3-11,14-15H,12-13,16H2,1-2H3,(H,28,31)(H,29,33)/t27-/m1/s1. The van der Waals surface area contributed by atoms with Gasteiger partial charge >= 0.3 is 6.03 Å². The van der Waals surface area contributed by atoms with Gasteiger partial charge in [-0.2, -0.15) is 0 Å². The van der Waals surface area contributed by atoms with E-state index >= 15 is 0 Å². The van der Waals surface area contributed by atoms with Crippen molar-refractivity contribution in [3.63, 3.8) is 0 Å². The zero-order chi connectivity index (χ0) is 24.6. The maximum atomic E-state index is 13.8. The van der Waals surface area contributed by atoms with E-state index < -0.39 is 29.9 Å². The first-order valence-corrected chi connectivity index (χ1v) is 11.4. The SMILES string of the molecule is Cc1ccc([C@@]2(c3ccccc3)NC(=O)N(CC(=O)Nc3ccc4c(c3)OCCO4)C2=O)cc1C. The number of rotatable bonds is 5. The van der Waals surface area contributed by atoms with Crippen LogP contribution in [0.15, 0.2) is 66.7 Å². The predicted octanol–water partition coefficient (Wildman–Crippen LogP) is 3.51. The van der Waals surface area contributed by atoms with Crippen LogP contribution in [0.4, 0.5) is 10.5 Å². The van der Waals surface area contributed by atoms with Crippen LogP contribution in [-0.4, -0.2) is 42.5 Å². The Morgan fingerprint density at radius 1 is 0.914 bits per heavy atom. The summed E-state index contributed by atoms with van der Waals surface area (Å²) < 4.78 is 11.0. The van der Waals surface area contributed by atoms with E-state index in [4.69, 9.17) is 9.47 Å². The molecular formula is C27H25N3O5. The molecule has 2 N–H and O–H groups in total. The van der Waals surface area contributed by atoms with E-state index in [1.54, 1.807) is 30.3 Å². The number of hydrogen-bond acceptors (Lipinski definition) is 5. The number of imide groups is 1. The van der Waals surface area contributed by atoms with Crippen LogP contribution in [-0.2, 0) is 15.1 Å². The molecule has 2 aliphatic heterocycles. The maximum Gasteiger partial charge on any atom is 0.326 e.